The van der Waals surface area contributed by atoms with Crippen molar-refractivity contribution < 1.29 is 19.0 Å². The molecule has 0 aromatic heterocycles. The van der Waals surface area contributed by atoms with Crippen LogP contribution in [0.4, 0.5) is 0 Å². The number of rotatable bonds is 3. The predicted octanol–water partition coefficient (Wildman–Crippen LogP) is 2.46. The smallest absolute Gasteiger partial charge is 0.320 e. The van der Waals surface area contributed by atoms with Crippen molar-refractivity contribution in [3.8, 4) is 0 Å². The molecule has 114 valence electrons. The number of benzene rings is 1. The van der Waals surface area contributed by atoms with Gasteiger partial charge in [-0.2, -0.15) is 0 Å². The molecule has 0 unspecified atom stereocenters. The Labute approximate surface area is 125 Å². The lowest BCUT2D eigenvalue weighted by molar-refractivity contribution is -0.439. The molecule has 0 N–H and O–H groups in total. The molecule has 0 amide bonds. The maximum Gasteiger partial charge on any atom is 0.347 e. The Bertz CT molecular complexity index is 543. The number of Topliss-reactive ketones (excluding diaryl/α,β-unsaturated/α-hetero) is 1. The van der Waals surface area contributed by atoms with E-state index in [2.05, 4.69) is 19.1 Å². The molecule has 21 heavy (non-hydrogen) atoms. The number of aryl methyl sites for hydroxylation is 3. The minimum Gasteiger partial charge on any atom is -0.320 e. The van der Waals surface area contributed by atoms with E-state index in [-0.39, 0.29) is 17.6 Å². The monoisotopic (exact) mass is 290 g/mol. The zero-order chi connectivity index (χ0) is 15.3. The topological polar surface area (TPSA) is 44.8 Å². The van der Waals surface area contributed by atoms with Crippen LogP contribution in [-0.2, 0) is 25.4 Å². The maximum absolute atomic E-state index is 12.7. The zero-order valence-electron chi connectivity index (χ0n) is 13.1. The van der Waals surface area contributed by atoms with Gasteiger partial charge < -0.3 is 14.2 Å². The lowest BCUT2D eigenvalue weighted by Crippen LogP contribution is -2.62. The first-order valence-electron chi connectivity index (χ1n) is 7.35. The number of fused-ring (bicyclic) bond motifs is 3. The van der Waals surface area contributed by atoms with E-state index in [0.29, 0.717) is 19.8 Å². The summed E-state index contributed by atoms with van der Waals surface area (Å²) in [6.45, 7) is 9.67. The number of ether oxygens (including phenoxy) is 3. The number of hydrogen-bond donors (Lipinski definition) is 0. The SMILES string of the molecule is Cc1cc(C)c(CC(=O)C23OCC(C)(CO2)CO3)c(C)c1. The van der Waals surface area contributed by atoms with Crippen LogP contribution in [0.25, 0.3) is 0 Å². The normalized spacial score (nSPS) is 31.4. The maximum atomic E-state index is 12.7. The van der Waals surface area contributed by atoms with Gasteiger partial charge in [-0.05, 0) is 37.5 Å². The highest BCUT2D eigenvalue weighted by molar-refractivity contribution is 5.87. The third-order valence-corrected chi connectivity index (χ3v) is 4.35. The van der Waals surface area contributed by atoms with Gasteiger partial charge in [0.25, 0.3) is 0 Å². The van der Waals surface area contributed by atoms with Crippen LogP contribution in [0, 0.1) is 26.2 Å². The highest BCUT2D eigenvalue weighted by atomic mass is 16.9. The van der Waals surface area contributed by atoms with Gasteiger partial charge >= 0.3 is 5.97 Å². The lowest BCUT2D eigenvalue weighted by atomic mass is 9.90. The second kappa shape index (κ2) is 4.90. The third-order valence-electron chi connectivity index (χ3n) is 4.35. The molecule has 4 heteroatoms. The predicted molar refractivity (Wildman–Crippen MR) is 78.1 cm³/mol. The molecule has 0 radical (unpaired) electrons. The molecule has 2 bridgehead atoms. The molecule has 4 rings (SSSR count). The molecule has 0 aliphatic carbocycles. The summed E-state index contributed by atoms with van der Waals surface area (Å²) in [5.74, 6) is -1.64. The van der Waals surface area contributed by atoms with E-state index in [1.165, 1.54) is 5.56 Å². The van der Waals surface area contributed by atoms with Crippen molar-refractivity contribution in [3.63, 3.8) is 0 Å². The van der Waals surface area contributed by atoms with Gasteiger partial charge in [0.05, 0.1) is 19.8 Å². The molecule has 3 aliphatic heterocycles. The van der Waals surface area contributed by atoms with E-state index in [9.17, 15) is 4.79 Å². The molecule has 0 atom stereocenters. The molecule has 0 spiro atoms. The summed E-state index contributed by atoms with van der Waals surface area (Å²) in [6.07, 6.45) is 0.272. The van der Waals surface area contributed by atoms with Crippen molar-refractivity contribution in [2.75, 3.05) is 19.8 Å². The molecular formula is C17H22O4. The zero-order valence-corrected chi connectivity index (χ0v) is 13.1. The van der Waals surface area contributed by atoms with Crippen LogP contribution in [0.15, 0.2) is 12.1 Å². The van der Waals surface area contributed by atoms with E-state index in [0.717, 1.165) is 16.7 Å². The Morgan fingerprint density at radius 1 is 1.05 bits per heavy atom. The van der Waals surface area contributed by atoms with Gasteiger partial charge in [-0.25, -0.2) is 0 Å². The quantitative estimate of drug-likeness (QED) is 0.858. The Morgan fingerprint density at radius 3 is 2.00 bits per heavy atom. The molecule has 3 saturated heterocycles. The molecule has 0 saturated carbocycles. The van der Waals surface area contributed by atoms with Crippen LogP contribution in [0.1, 0.15) is 29.2 Å². The summed E-state index contributed by atoms with van der Waals surface area (Å²) in [5, 5.41) is 0. The lowest BCUT2D eigenvalue weighted by Gasteiger charge is -2.49. The standard InChI is InChI=1S/C17H22O4/c1-11-5-12(2)14(13(3)6-11)7-15(18)17-19-8-16(4,9-20-17)10-21-17/h5-6H,7-10H2,1-4H3. The first kappa shape index (κ1) is 14.7. The fraction of sp³-hybridized carbons (Fsp3) is 0.588. The van der Waals surface area contributed by atoms with E-state index in [1.54, 1.807) is 0 Å². The second-order valence-electron chi connectivity index (χ2n) is 6.71. The molecule has 4 nitrogen and oxygen atoms in total. The Morgan fingerprint density at radius 2 is 1.52 bits per heavy atom. The van der Waals surface area contributed by atoms with E-state index in [4.69, 9.17) is 14.2 Å². The number of carbonyl (C=O) groups is 1. The van der Waals surface area contributed by atoms with Gasteiger partial charge in [-0.15, -0.1) is 0 Å². The second-order valence-corrected chi connectivity index (χ2v) is 6.71. The number of ketones is 1. The van der Waals surface area contributed by atoms with Crippen molar-refractivity contribution in [1.29, 1.82) is 0 Å². The largest absolute Gasteiger partial charge is 0.347 e. The van der Waals surface area contributed by atoms with Crippen molar-refractivity contribution in [2.24, 2.45) is 5.41 Å². The van der Waals surface area contributed by atoms with Gasteiger partial charge in [0, 0.05) is 11.8 Å². The average molecular weight is 290 g/mol. The van der Waals surface area contributed by atoms with Crippen molar-refractivity contribution in [1.82, 2.24) is 0 Å². The number of carbonyl (C=O) groups excluding carboxylic acids is 1. The molecule has 3 fully saturated rings. The van der Waals surface area contributed by atoms with Gasteiger partial charge in [0.1, 0.15) is 0 Å². The summed E-state index contributed by atoms with van der Waals surface area (Å²) in [4.78, 5) is 12.7. The Hall–Kier alpha value is -1.23. The van der Waals surface area contributed by atoms with Crippen LogP contribution < -0.4 is 0 Å². The van der Waals surface area contributed by atoms with Gasteiger partial charge in [-0.3, -0.25) is 4.79 Å². The number of hydrogen-bond acceptors (Lipinski definition) is 4. The average Bonchev–Trinajstić information content (AvgIpc) is 2.43. The van der Waals surface area contributed by atoms with E-state index >= 15 is 0 Å². The van der Waals surface area contributed by atoms with Gasteiger partial charge in [0.2, 0.25) is 5.78 Å². The summed E-state index contributed by atoms with van der Waals surface area (Å²) in [7, 11) is 0. The van der Waals surface area contributed by atoms with Crippen LogP contribution in [0.2, 0.25) is 0 Å². The van der Waals surface area contributed by atoms with Crippen LogP contribution in [0.5, 0.6) is 0 Å². The summed E-state index contributed by atoms with van der Waals surface area (Å²) < 4.78 is 16.8. The fourth-order valence-electron chi connectivity index (χ4n) is 3.06. The fourth-order valence-corrected chi connectivity index (χ4v) is 3.06. The first-order valence-corrected chi connectivity index (χ1v) is 7.35. The summed E-state index contributed by atoms with van der Waals surface area (Å²) in [6, 6.07) is 4.18. The third kappa shape index (κ3) is 2.52. The van der Waals surface area contributed by atoms with E-state index in [1.807, 2.05) is 20.8 Å². The minimum absolute atomic E-state index is 0.127. The molecule has 1 aromatic carbocycles. The van der Waals surface area contributed by atoms with Crippen LogP contribution in [-0.4, -0.2) is 31.6 Å². The minimum atomic E-state index is -1.48. The van der Waals surface area contributed by atoms with Crippen LogP contribution >= 0.6 is 0 Å². The molecule has 3 aliphatic rings. The summed E-state index contributed by atoms with van der Waals surface area (Å²) in [5.41, 5.74) is 4.35. The Balaban J connectivity index is 1.81. The van der Waals surface area contributed by atoms with Crippen LogP contribution in [0.3, 0.4) is 0 Å². The summed E-state index contributed by atoms with van der Waals surface area (Å²) >= 11 is 0. The first-order chi connectivity index (χ1) is 9.84. The highest BCUT2D eigenvalue weighted by Crippen LogP contribution is 2.39. The van der Waals surface area contributed by atoms with Crippen molar-refractivity contribution >= 4 is 5.78 Å². The van der Waals surface area contributed by atoms with Gasteiger partial charge in [0.15, 0.2) is 0 Å². The highest BCUT2D eigenvalue weighted by Gasteiger charge is 2.54. The van der Waals surface area contributed by atoms with E-state index < -0.39 is 5.97 Å². The van der Waals surface area contributed by atoms with Crippen molar-refractivity contribution in [2.45, 2.75) is 40.1 Å². The molecular weight excluding hydrogens is 268 g/mol. The molecule has 1 aromatic rings. The molecule has 3 heterocycles. The van der Waals surface area contributed by atoms with Crippen molar-refractivity contribution in [3.05, 3.63) is 34.4 Å². The Kier molecular flexibility index (Phi) is 3.43. The van der Waals surface area contributed by atoms with Gasteiger partial charge in [-0.1, -0.05) is 24.6 Å².